The first kappa shape index (κ1) is 12.4. The smallest absolute Gasteiger partial charge is 0.270 e. The molecule has 7 nitrogen and oxygen atoms in total. The average Bonchev–Trinajstić information content (AvgIpc) is 2.97. The van der Waals surface area contributed by atoms with Crippen molar-refractivity contribution in [2.24, 2.45) is 0 Å². The van der Waals surface area contributed by atoms with E-state index >= 15 is 0 Å². The first-order valence-electron chi connectivity index (χ1n) is 5.75. The van der Waals surface area contributed by atoms with Crippen LogP contribution in [-0.2, 0) is 6.54 Å². The number of thiazole rings is 1. The van der Waals surface area contributed by atoms with Crippen LogP contribution in [0.2, 0.25) is 0 Å². The largest absolute Gasteiger partial charge is 0.363 e. The van der Waals surface area contributed by atoms with Gasteiger partial charge in [0.15, 0.2) is 0 Å². The standard InChI is InChI=1S/C12H9N5O2S/c18-17(19)8-1-2-10-9(5-8)12(16-7-15-10)14-6-11-13-3-4-20-11/h1-5,7H,6H2,(H,14,15,16). The van der Waals surface area contributed by atoms with Crippen molar-refractivity contribution in [3.05, 3.63) is 51.2 Å². The van der Waals surface area contributed by atoms with Gasteiger partial charge in [0.05, 0.1) is 17.0 Å². The minimum absolute atomic E-state index is 0.0181. The molecule has 0 atom stereocenters. The minimum Gasteiger partial charge on any atom is -0.363 e. The van der Waals surface area contributed by atoms with Crippen molar-refractivity contribution in [1.82, 2.24) is 15.0 Å². The van der Waals surface area contributed by atoms with Gasteiger partial charge >= 0.3 is 0 Å². The van der Waals surface area contributed by atoms with E-state index in [1.54, 1.807) is 12.3 Å². The quantitative estimate of drug-likeness (QED) is 0.585. The van der Waals surface area contributed by atoms with Crippen molar-refractivity contribution in [2.75, 3.05) is 5.32 Å². The number of hydrogen-bond acceptors (Lipinski definition) is 7. The predicted octanol–water partition coefficient (Wildman–Crippen LogP) is 2.61. The summed E-state index contributed by atoms with van der Waals surface area (Å²) in [6, 6.07) is 4.52. The Labute approximate surface area is 117 Å². The van der Waals surface area contributed by atoms with E-state index in [1.807, 2.05) is 5.38 Å². The number of nitro groups is 1. The molecule has 0 saturated heterocycles. The summed E-state index contributed by atoms with van der Waals surface area (Å²) in [5.74, 6) is 0.564. The van der Waals surface area contributed by atoms with E-state index in [1.165, 1.54) is 29.8 Å². The van der Waals surface area contributed by atoms with E-state index in [2.05, 4.69) is 20.3 Å². The van der Waals surface area contributed by atoms with Crippen LogP contribution in [0, 0.1) is 10.1 Å². The molecule has 0 bridgehead atoms. The molecule has 2 aromatic heterocycles. The monoisotopic (exact) mass is 287 g/mol. The molecule has 20 heavy (non-hydrogen) atoms. The average molecular weight is 287 g/mol. The van der Waals surface area contributed by atoms with Gasteiger partial charge in [-0.2, -0.15) is 0 Å². The zero-order valence-corrected chi connectivity index (χ0v) is 11.0. The van der Waals surface area contributed by atoms with Crippen LogP contribution < -0.4 is 5.32 Å². The van der Waals surface area contributed by atoms with Crippen LogP contribution in [0.15, 0.2) is 36.1 Å². The zero-order valence-electron chi connectivity index (χ0n) is 10.2. The number of fused-ring (bicyclic) bond motifs is 1. The van der Waals surface area contributed by atoms with Gasteiger partial charge in [-0.05, 0) is 6.07 Å². The fourth-order valence-corrected chi connectivity index (χ4v) is 2.35. The molecule has 0 radical (unpaired) electrons. The number of anilines is 1. The number of hydrogen-bond donors (Lipinski definition) is 1. The van der Waals surface area contributed by atoms with Crippen molar-refractivity contribution in [3.8, 4) is 0 Å². The van der Waals surface area contributed by atoms with Crippen molar-refractivity contribution < 1.29 is 4.92 Å². The topological polar surface area (TPSA) is 93.8 Å². The molecular weight excluding hydrogens is 278 g/mol. The lowest BCUT2D eigenvalue weighted by atomic mass is 10.2. The molecule has 0 aliphatic heterocycles. The molecule has 3 aromatic rings. The first-order chi connectivity index (χ1) is 9.74. The van der Waals surface area contributed by atoms with Crippen LogP contribution in [0.25, 0.3) is 10.9 Å². The highest BCUT2D eigenvalue weighted by Crippen LogP contribution is 2.24. The maximum atomic E-state index is 10.8. The number of rotatable bonds is 4. The Morgan fingerprint density at radius 2 is 2.20 bits per heavy atom. The van der Waals surface area contributed by atoms with Crippen LogP contribution in [0.5, 0.6) is 0 Å². The van der Waals surface area contributed by atoms with E-state index in [0.717, 1.165) is 5.01 Å². The SMILES string of the molecule is O=[N+]([O-])c1ccc2ncnc(NCc3nccs3)c2c1. The van der Waals surface area contributed by atoms with Crippen LogP contribution >= 0.6 is 11.3 Å². The lowest BCUT2D eigenvalue weighted by Crippen LogP contribution is -2.02. The van der Waals surface area contributed by atoms with Gasteiger partial charge in [-0.1, -0.05) is 0 Å². The summed E-state index contributed by atoms with van der Waals surface area (Å²) in [7, 11) is 0. The number of benzene rings is 1. The normalized spacial score (nSPS) is 10.6. The molecule has 0 amide bonds. The number of nitrogens with zero attached hydrogens (tertiary/aromatic N) is 4. The third kappa shape index (κ3) is 2.41. The third-order valence-corrected chi connectivity index (χ3v) is 3.50. The molecule has 1 aromatic carbocycles. The second-order valence-electron chi connectivity index (χ2n) is 3.96. The van der Waals surface area contributed by atoms with Crippen molar-refractivity contribution in [1.29, 1.82) is 0 Å². The summed E-state index contributed by atoms with van der Waals surface area (Å²) in [6.45, 7) is 0.520. The predicted molar refractivity (Wildman–Crippen MR) is 75.6 cm³/mol. The second-order valence-corrected chi connectivity index (χ2v) is 4.94. The molecule has 100 valence electrons. The summed E-state index contributed by atoms with van der Waals surface area (Å²) in [5, 5.41) is 17.4. The Morgan fingerprint density at radius 1 is 1.30 bits per heavy atom. The Balaban J connectivity index is 1.96. The lowest BCUT2D eigenvalue weighted by molar-refractivity contribution is -0.384. The van der Waals surface area contributed by atoms with Gasteiger partial charge in [0.25, 0.3) is 5.69 Å². The van der Waals surface area contributed by atoms with E-state index in [0.29, 0.717) is 23.3 Å². The second kappa shape index (κ2) is 5.17. The Hall–Kier alpha value is -2.61. The summed E-state index contributed by atoms with van der Waals surface area (Å²) in [4.78, 5) is 22.8. The first-order valence-corrected chi connectivity index (χ1v) is 6.63. The highest BCUT2D eigenvalue weighted by atomic mass is 32.1. The van der Waals surface area contributed by atoms with Gasteiger partial charge in [-0.3, -0.25) is 10.1 Å². The number of aromatic nitrogens is 3. The fraction of sp³-hybridized carbons (Fsp3) is 0.0833. The highest BCUT2D eigenvalue weighted by Gasteiger charge is 2.10. The summed E-state index contributed by atoms with van der Waals surface area (Å²) >= 11 is 1.53. The molecule has 0 saturated carbocycles. The Morgan fingerprint density at radius 3 is 2.95 bits per heavy atom. The summed E-state index contributed by atoms with van der Waals surface area (Å²) in [5.41, 5.74) is 0.678. The lowest BCUT2D eigenvalue weighted by Gasteiger charge is -2.06. The fourth-order valence-electron chi connectivity index (χ4n) is 1.80. The molecular formula is C12H9N5O2S. The van der Waals surface area contributed by atoms with Gasteiger partial charge in [-0.25, -0.2) is 15.0 Å². The Kier molecular flexibility index (Phi) is 3.21. The molecule has 0 aliphatic rings. The van der Waals surface area contributed by atoms with Gasteiger partial charge < -0.3 is 5.32 Å². The van der Waals surface area contributed by atoms with Gasteiger partial charge in [-0.15, -0.1) is 11.3 Å². The number of nitrogens with one attached hydrogen (secondary N) is 1. The van der Waals surface area contributed by atoms with Crippen molar-refractivity contribution in [3.63, 3.8) is 0 Å². The molecule has 2 heterocycles. The molecule has 0 aliphatic carbocycles. The van der Waals surface area contributed by atoms with E-state index < -0.39 is 4.92 Å². The van der Waals surface area contributed by atoms with Crippen molar-refractivity contribution >= 4 is 33.7 Å². The van der Waals surface area contributed by atoms with E-state index in [9.17, 15) is 10.1 Å². The molecule has 0 unspecified atom stereocenters. The van der Waals surface area contributed by atoms with Crippen molar-refractivity contribution in [2.45, 2.75) is 6.54 Å². The molecule has 0 spiro atoms. The van der Waals surface area contributed by atoms with Crippen LogP contribution in [0.1, 0.15) is 5.01 Å². The zero-order chi connectivity index (χ0) is 13.9. The number of nitro benzene ring substituents is 1. The summed E-state index contributed by atoms with van der Waals surface area (Å²) in [6.07, 6.45) is 3.16. The third-order valence-electron chi connectivity index (χ3n) is 2.72. The maximum absolute atomic E-state index is 10.8. The molecule has 0 fully saturated rings. The van der Waals surface area contributed by atoms with Gasteiger partial charge in [0.1, 0.15) is 17.2 Å². The molecule has 3 rings (SSSR count). The van der Waals surface area contributed by atoms with Gasteiger partial charge in [0.2, 0.25) is 0 Å². The molecule has 8 heteroatoms. The van der Waals surface area contributed by atoms with E-state index in [-0.39, 0.29) is 5.69 Å². The maximum Gasteiger partial charge on any atom is 0.270 e. The van der Waals surface area contributed by atoms with Crippen LogP contribution in [-0.4, -0.2) is 19.9 Å². The van der Waals surface area contributed by atoms with Crippen LogP contribution in [0.4, 0.5) is 11.5 Å². The highest BCUT2D eigenvalue weighted by molar-refractivity contribution is 7.09. The number of non-ortho nitro benzene ring substituents is 1. The van der Waals surface area contributed by atoms with E-state index in [4.69, 9.17) is 0 Å². The van der Waals surface area contributed by atoms with Gasteiger partial charge in [0, 0.05) is 29.1 Å². The minimum atomic E-state index is -0.433. The van der Waals surface area contributed by atoms with Crippen LogP contribution in [0.3, 0.4) is 0 Å². The molecule has 1 N–H and O–H groups in total. The Bertz CT molecular complexity index is 760. The summed E-state index contributed by atoms with van der Waals surface area (Å²) < 4.78 is 0.